The summed E-state index contributed by atoms with van der Waals surface area (Å²) in [7, 11) is 0. The standard InChI is InChI=1S/C15H22N2O4/c1-2-21-11-5-10-16-15(20)17-13-7-4-3-6-12(13)8-9-14(18)19/h3-4,6-7H,2,5,8-11H2,1H3,(H,18,19)(H2,16,17,20). The summed E-state index contributed by atoms with van der Waals surface area (Å²) < 4.78 is 5.18. The van der Waals surface area contributed by atoms with Crippen molar-refractivity contribution < 1.29 is 19.4 Å². The third-order valence-corrected chi connectivity index (χ3v) is 2.83. The predicted molar refractivity (Wildman–Crippen MR) is 80.5 cm³/mol. The quantitative estimate of drug-likeness (QED) is 0.610. The van der Waals surface area contributed by atoms with E-state index >= 15 is 0 Å². The molecule has 0 atom stereocenters. The van der Waals surface area contributed by atoms with E-state index in [0.29, 0.717) is 31.9 Å². The molecule has 0 saturated carbocycles. The molecule has 6 nitrogen and oxygen atoms in total. The summed E-state index contributed by atoms with van der Waals surface area (Å²) in [6.07, 6.45) is 1.17. The van der Waals surface area contributed by atoms with Gasteiger partial charge in [0.15, 0.2) is 0 Å². The molecule has 6 heteroatoms. The van der Waals surface area contributed by atoms with E-state index in [1.165, 1.54) is 0 Å². The van der Waals surface area contributed by atoms with E-state index in [0.717, 1.165) is 12.0 Å². The fourth-order valence-electron chi connectivity index (χ4n) is 1.79. The summed E-state index contributed by atoms with van der Waals surface area (Å²) in [4.78, 5) is 22.4. The van der Waals surface area contributed by atoms with Crippen LogP contribution in [0.2, 0.25) is 0 Å². The topological polar surface area (TPSA) is 87.7 Å². The van der Waals surface area contributed by atoms with Crippen LogP contribution in [0.1, 0.15) is 25.3 Å². The molecular weight excluding hydrogens is 272 g/mol. The van der Waals surface area contributed by atoms with Gasteiger partial charge in [-0.2, -0.15) is 0 Å². The molecule has 0 fully saturated rings. The number of rotatable bonds is 9. The summed E-state index contributed by atoms with van der Waals surface area (Å²) >= 11 is 0. The highest BCUT2D eigenvalue weighted by atomic mass is 16.5. The van der Waals surface area contributed by atoms with Gasteiger partial charge in [-0.05, 0) is 31.4 Å². The molecule has 1 rings (SSSR count). The Morgan fingerprint density at radius 3 is 2.76 bits per heavy atom. The van der Waals surface area contributed by atoms with Gasteiger partial charge in [0.1, 0.15) is 0 Å². The molecule has 0 unspecified atom stereocenters. The average Bonchev–Trinajstić information content (AvgIpc) is 2.46. The lowest BCUT2D eigenvalue weighted by Crippen LogP contribution is -2.30. The number of nitrogens with one attached hydrogen (secondary N) is 2. The lowest BCUT2D eigenvalue weighted by molar-refractivity contribution is -0.136. The molecule has 0 aliphatic rings. The van der Waals surface area contributed by atoms with Gasteiger partial charge < -0.3 is 20.5 Å². The van der Waals surface area contributed by atoms with Gasteiger partial charge in [0, 0.05) is 31.9 Å². The maximum atomic E-state index is 11.8. The Balaban J connectivity index is 2.42. The minimum Gasteiger partial charge on any atom is -0.481 e. The fraction of sp³-hybridized carbons (Fsp3) is 0.467. The number of hydrogen-bond donors (Lipinski definition) is 3. The first kappa shape index (κ1) is 17.0. The summed E-state index contributed by atoms with van der Waals surface area (Å²) in [6, 6.07) is 6.90. The number of carboxylic acids is 1. The molecule has 2 amide bonds. The summed E-state index contributed by atoms with van der Waals surface area (Å²) in [5, 5.41) is 14.2. The highest BCUT2D eigenvalue weighted by molar-refractivity contribution is 5.90. The monoisotopic (exact) mass is 294 g/mol. The molecule has 1 aromatic carbocycles. The Morgan fingerprint density at radius 2 is 2.05 bits per heavy atom. The maximum Gasteiger partial charge on any atom is 0.319 e. The van der Waals surface area contributed by atoms with Crippen molar-refractivity contribution in [2.75, 3.05) is 25.1 Å². The number of urea groups is 1. The zero-order valence-corrected chi connectivity index (χ0v) is 12.2. The highest BCUT2D eigenvalue weighted by Gasteiger charge is 2.07. The molecule has 116 valence electrons. The van der Waals surface area contributed by atoms with Crippen LogP contribution >= 0.6 is 0 Å². The van der Waals surface area contributed by atoms with Crippen LogP contribution in [-0.2, 0) is 16.0 Å². The second-order valence-corrected chi connectivity index (χ2v) is 4.48. The number of ether oxygens (including phenoxy) is 1. The summed E-state index contributed by atoms with van der Waals surface area (Å²) in [6.45, 7) is 3.74. The number of para-hydroxylation sites is 1. The molecule has 0 aromatic heterocycles. The van der Waals surface area contributed by atoms with Crippen molar-refractivity contribution in [3.8, 4) is 0 Å². The molecular formula is C15H22N2O4. The number of anilines is 1. The highest BCUT2D eigenvalue weighted by Crippen LogP contribution is 2.16. The zero-order valence-electron chi connectivity index (χ0n) is 12.2. The lowest BCUT2D eigenvalue weighted by Gasteiger charge is -2.11. The number of hydrogen-bond acceptors (Lipinski definition) is 3. The minimum atomic E-state index is -0.856. The first-order valence-electron chi connectivity index (χ1n) is 7.05. The molecule has 0 saturated heterocycles. The number of carbonyl (C=O) groups excluding carboxylic acids is 1. The van der Waals surface area contributed by atoms with E-state index in [1.54, 1.807) is 12.1 Å². The van der Waals surface area contributed by atoms with Crippen molar-refractivity contribution in [1.29, 1.82) is 0 Å². The third-order valence-electron chi connectivity index (χ3n) is 2.83. The normalized spacial score (nSPS) is 10.1. The van der Waals surface area contributed by atoms with Crippen LogP contribution in [0.4, 0.5) is 10.5 Å². The predicted octanol–water partition coefficient (Wildman–Crippen LogP) is 2.25. The number of aliphatic carboxylic acids is 1. The van der Waals surface area contributed by atoms with Gasteiger partial charge in [0.25, 0.3) is 0 Å². The Morgan fingerprint density at radius 1 is 1.29 bits per heavy atom. The number of amides is 2. The van der Waals surface area contributed by atoms with Crippen molar-refractivity contribution >= 4 is 17.7 Å². The molecule has 0 heterocycles. The van der Waals surface area contributed by atoms with Crippen molar-refractivity contribution in [3.05, 3.63) is 29.8 Å². The van der Waals surface area contributed by atoms with E-state index < -0.39 is 5.97 Å². The van der Waals surface area contributed by atoms with E-state index in [2.05, 4.69) is 10.6 Å². The average molecular weight is 294 g/mol. The van der Waals surface area contributed by atoms with Crippen LogP contribution in [0.5, 0.6) is 0 Å². The molecule has 0 radical (unpaired) electrons. The summed E-state index contributed by atoms with van der Waals surface area (Å²) in [5.41, 5.74) is 1.45. The van der Waals surface area contributed by atoms with Gasteiger partial charge in [-0.3, -0.25) is 4.79 Å². The third kappa shape index (κ3) is 7.31. The molecule has 0 spiro atoms. The van der Waals surface area contributed by atoms with Gasteiger partial charge in [0.2, 0.25) is 0 Å². The SMILES string of the molecule is CCOCCCNC(=O)Nc1ccccc1CCC(=O)O. The van der Waals surface area contributed by atoms with Crippen LogP contribution in [0.3, 0.4) is 0 Å². The summed E-state index contributed by atoms with van der Waals surface area (Å²) in [5.74, 6) is -0.856. The van der Waals surface area contributed by atoms with E-state index in [9.17, 15) is 9.59 Å². The van der Waals surface area contributed by atoms with Crippen LogP contribution < -0.4 is 10.6 Å². The zero-order chi connectivity index (χ0) is 15.5. The molecule has 0 aliphatic carbocycles. The largest absolute Gasteiger partial charge is 0.481 e. The van der Waals surface area contributed by atoms with Crippen molar-refractivity contribution in [1.82, 2.24) is 5.32 Å². The molecule has 0 bridgehead atoms. The second kappa shape index (κ2) is 9.77. The van der Waals surface area contributed by atoms with Crippen molar-refractivity contribution in [2.45, 2.75) is 26.2 Å². The Hall–Kier alpha value is -2.08. The van der Waals surface area contributed by atoms with Gasteiger partial charge in [-0.1, -0.05) is 18.2 Å². The molecule has 0 aliphatic heterocycles. The van der Waals surface area contributed by atoms with Gasteiger partial charge in [-0.25, -0.2) is 4.79 Å². The Labute approximate surface area is 124 Å². The molecule has 21 heavy (non-hydrogen) atoms. The van der Waals surface area contributed by atoms with Gasteiger partial charge >= 0.3 is 12.0 Å². The van der Waals surface area contributed by atoms with Crippen molar-refractivity contribution in [3.63, 3.8) is 0 Å². The number of benzene rings is 1. The van der Waals surface area contributed by atoms with Crippen LogP contribution in [-0.4, -0.2) is 36.9 Å². The van der Waals surface area contributed by atoms with E-state index in [4.69, 9.17) is 9.84 Å². The van der Waals surface area contributed by atoms with Crippen LogP contribution in [0, 0.1) is 0 Å². The first-order chi connectivity index (χ1) is 10.1. The van der Waals surface area contributed by atoms with Crippen molar-refractivity contribution in [2.24, 2.45) is 0 Å². The minimum absolute atomic E-state index is 0.0364. The lowest BCUT2D eigenvalue weighted by atomic mass is 10.1. The van der Waals surface area contributed by atoms with Gasteiger partial charge in [0.05, 0.1) is 0 Å². The van der Waals surface area contributed by atoms with E-state index in [1.807, 2.05) is 19.1 Å². The first-order valence-corrected chi connectivity index (χ1v) is 7.05. The number of carboxylic acid groups (broad SMARTS) is 1. The Bertz CT molecular complexity index is 463. The maximum absolute atomic E-state index is 11.8. The van der Waals surface area contributed by atoms with Gasteiger partial charge in [-0.15, -0.1) is 0 Å². The fourth-order valence-corrected chi connectivity index (χ4v) is 1.79. The molecule has 3 N–H and O–H groups in total. The number of aryl methyl sites for hydroxylation is 1. The van der Waals surface area contributed by atoms with Crippen LogP contribution in [0.25, 0.3) is 0 Å². The Kier molecular flexibility index (Phi) is 7.89. The molecule has 1 aromatic rings. The van der Waals surface area contributed by atoms with E-state index in [-0.39, 0.29) is 12.5 Å². The smallest absolute Gasteiger partial charge is 0.319 e. The number of carbonyl (C=O) groups is 2. The van der Waals surface area contributed by atoms with Crippen LogP contribution in [0.15, 0.2) is 24.3 Å². The second-order valence-electron chi connectivity index (χ2n) is 4.48.